The van der Waals surface area contributed by atoms with Crippen LogP contribution in [0.2, 0.25) is 0 Å². The number of hydrogen-bond acceptors (Lipinski definition) is 3. The van der Waals surface area contributed by atoms with Crippen molar-refractivity contribution < 1.29 is 27.2 Å². The predicted molar refractivity (Wildman–Crippen MR) is 92.8 cm³/mol. The van der Waals surface area contributed by atoms with E-state index in [-0.39, 0.29) is 6.54 Å². The molecule has 0 saturated carbocycles. The topological polar surface area (TPSA) is 49.4 Å². The molecule has 0 bridgehead atoms. The van der Waals surface area contributed by atoms with Gasteiger partial charge in [-0.3, -0.25) is 9.59 Å². The minimum Gasteiger partial charge on any atom is -0.345 e. The predicted octanol–water partition coefficient (Wildman–Crippen LogP) is 3.84. The van der Waals surface area contributed by atoms with E-state index in [0.29, 0.717) is 28.2 Å². The minimum atomic E-state index is -4.51. The molecule has 3 rings (SSSR count). The highest BCUT2D eigenvalue weighted by Crippen LogP contribution is 2.32. The van der Waals surface area contributed by atoms with Gasteiger partial charge in [-0.2, -0.15) is 13.2 Å². The second-order valence-electron chi connectivity index (χ2n) is 6.13. The number of nitrogens with zero attached hydrogens (tertiary/aromatic N) is 1. The van der Waals surface area contributed by atoms with E-state index in [9.17, 15) is 27.2 Å². The van der Waals surface area contributed by atoms with E-state index in [2.05, 4.69) is 0 Å². The third-order valence-corrected chi connectivity index (χ3v) is 5.34. The number of likely N-dealkylation sites (tertiary alicyclic amines) is 1. The van der Waals surface area contributed by atoms with Crippen molar-refractivity contribution in [3.8, 4) is 10.4 Å². The zero-order valence-electron chi connectivity index (χ0n) is 14.1. The molecular weight excluding hydrogens is 384 g/mol. The van der Waals surface area contributed by atoms with Gasteiger partial charge >= 0.3 is 6.18 Å². The van der Waals surface area contributed by atoms with Crippen LogP contribution in [0.25, 0.3) is 10.4 Å². The van der Waals surface area contributed by atoms with Crippen LogP contribution in [0.1, 0.15) is 22.5 Å². The Kier molecular flexibility index (Phi) is 5.50. The zero-order chi connectivity index (χ0) is 19.6. The summed E-state index contributed by atoms with van der Waals surface area (Å²) >= 11 is 1.08. The Bertz CT molecular complexity index is 850. The van der Waals surface area contributed by atoms with Crippen molar-refractivity contribution in [3.63, 3.8) is 0 Å². The first-order chi connectivity index (χ1) is 12.8. The second kappa shape index (κ2) is 7.67. The average Bonchev–Trinajstić information content (AvgIpc) is 3.28. The molecule has 1 unspecified atom stereocenters. The number of nitrogens with one attached hydrogen (secondary N) is 1. The fourth-order valence-electron chi connectivity index (χ4n) is 2.99. The van der Waals surface area contributed by atoms with Gasteiger partial charge in [0.1, 0.15) is 18.4 Å². The third-order valence-electron chi connectivity index (χ3n) is 4.24. The maximum Gasteiger partial charge on any atom is 0.405 e. The lowest BCUT2D eigenvalue weighted by Crippen LogP contribution is -2.47. The van der Waals surface area contributed by atoms with Crippen molar-refractivity contribution in [3.05, 3.63) is 47.1 Å². The van der Waals surface area contributed by atoms with Gasteiger partial charge in [-0.15, -0.1) is 11.3 Å². The van der Waals surface area contributed by atoms with Gasteiger partial charge in [0.2, 0.25) is 5.91 Å². The lowest BCUT2D eigenvalue weighted by molar-refractivity contribution is -0.140. The molecule has 0 spiro atoms. The number of thiophene rings is 1. The van der Waals surface area contributed by atoms with Crippen LogP contribution in [-0.2, 0) is 4.79 Å². The monoisotopic (exact) mass is 400 g/mol. The number of halogens is 4. The van der Waals surface area contributed by atoms with Crippen LogP contribution in [0.5, 0.6) is 0 Å². The fraction of sp³-hybridized carbons (Fsp3) is 0.333. The van der Waals surface area contributed by atoms with E-state index in [1.165, 1.54) is 17.0 Å². The lowest BCUT2D eigenvalue weighted by atomic mass is 10.2. The van der Waals surface area contributed by atoms with E-state index >= 15 is 0 Å². The number of amides is 2. The van der Waals surface area contributed by atoms with Crippen molar-refractivity contribution in [2.75, 3.05) is 13.1 Å². The van der Waals surface area contributed by atoms with Gasteiger partial charge in [-0.05, 0) is 31.0 Å². The number of carbonyl (C=O) groups excluding carboxylic acids is 2. The Morgan fingerprint density at radius 2 is 1.93 bits per heavy atom. The third kappa shape index (κ3) is 4.47. The van der Waals surface area contributed by atoms with Gasteiger partial charge in [0, 0.05) is 17.0 Å². The SMILES string of the molecule is O=C(NCC(F)(F)F)C1CCCN1C(=O)c1ccc(-c2ccccc2F)s1. The highest BCUT2D eigenvalue weighted by Gasteiger charge is 2.37. The molecule has 4 nitrogen and oxygen atoms in total. The molecule has 1 fully saturated rings. The molecule has 27 heavy (non-hydrogen) atoms. The van der Waals surface area contributed by atoms with Crippen LogP contribution in [0.3, 0.4) is 0 Å². The average molecular weight is 400 g/mol. The summed E-state index contributed by atoms with van der Waals surface area (Å²) in [4.78, 5) is 26.9. The highest BCUT2D eigenvalue weighted by molar-refractivity contribution is 7.17. The molecule has 2 amide bonds. The smallest absolute Gasteiger partial charge is 0.345 e. The molecule has 0 radical (unpaired) electrons. The van der Waals surface area contributed by atoms with Crippen molar-refractivity contribution in [2.45, 2.75) is 25.1 Å². The molecule has 0 aliphatic carbocycles. The largest absolute Gasteiger partial charge is 0.405 e. The zero-order valence-corrected chi connectivity index (χ0v) is 14.9. The molecular formula is C18H16F4N2O2S. The first-order valence-corrected chi connectivity index (χ1v) is 9.08. The van der Waals surface area contributed by atoms with Crippen molar-refractivity contribution in [2.24, 2.45) is 0 Å². The maximum atomic E-state index is 13.9. The maximum absolute atomic E-state index is 13.9. The normalized spacial score (nSPS) is 17.2. The standard InChI is InChI=1S/C18H16F4N2O2S/c19-12-5-2-1-4-11(12)14-7-8-15(27-14)17(26)24-9-3-6-13(24)16(25)23-10-18(20,21)22/h1-2,4-5,7-8,13H,3,6,9-10H2,(H,23,25). The quantitative estimate of drug-likeness (QED) is 0.793. The van der Waals surface area contributed by atoms with Crippen LogP contribution in [0.15, 0.2) is 36.4 Å². The first-order valence-electron chi connectivity index (χ1n) is 8.26. The molecule has 2 aromatic rings. The lowest BCUT2D eigenvalue weighted by Gasteiger charge is -2.23. The van der Waals surface area contributed by atoms with Crippen LogP contribution < -0.4 is 5.32 Å². The summed E-state index contributed by atoms with van der Waals surface area (Å²) in [6.45, 7) is -1.14. The number of hydrogen-bond donors (Lipinski definition) is 1. The van der Waals surface area contributed by atoms with Gasteiger partial charge in [0.25, 0.3) is 5.91 Å². The summed E-state index contributed by atoms with van der Waals surface area (Å²) in [6.07, 6.45) is -3.67. The number of benzene rings is 1. The van der Waals surface area contributed by atoms with E-state index in [0.717, 1.165) is 11.3 Å². The summed E-state index contributed by atoms with van der Waals surface area (Å²) in [5, 5.41) is 1.84. The summed E-state index contributed by atoms with van der Waals surface area (Å²) in [7, 11) is 0. The van der Waals surface area contributed by atoms with E-state index in [1.54, 1.807) is 24.3 Å². The molecule has 1 aliphatic heterocycles. The van der Waals surface area contributed by atoms with Gasteiger partial charge in [0.15, 0.2) is 0 Å². The molecule has 9 heteroatoms. The second-order valence-corrected chi connectivity index (χ2v) is 7.22. The summed E-state index contributed by atoms with van der Waals surface area (Å²) < 4.78 is 50.8. The van der Waals surface area contributed by atoms with Gasteiger partial charge < -0.3 is 10.2 Å². The minimum absolute atomic E-state index is 0.288. The van der Waals surface area contributed by atoms with Crippen LogP contribution in [-0.4, -0.2) is 42.0 Å². The number of alkyl halides is 3. The number of rotatable bonds is 4. The molecule has 144 valence electrons. The first kappa shape index (κ1) is 19.3. The fourth-order valence-corrected chi connectivity index (χ4v) is 3.98. The molecule has 1 aromatic carbocycles. The van der Waals surface area contributed by atoms with Crippen LogP contribution >= 0.6 is 11.3 Å². The molecule has 1 saturated heterocycles. The van der Waals surface area contributed by atoms with Gasteiger partial charge in [-0.25, -0.2) is 4.39 Å². The van der Waals surface area contributed by atoms with Gasteiger partial charge in [-0.1, -0.05) is 18.2 Å². The Morgan fingerprint density at radius 3 is 2.63 bits per heavy atom. The molecule has 2 heterocycles. The highest BCUT2D eigenvalue weighted by atomic mass is 32.1. The Hall–Kier alpha value is -2.42. The number of carbonyl (C=O) groups is 2. The molecule has 1 aromatic heterocycles. The van der Waals surface area contributed by atoms with E-state index in [4.69, 9.17) is 0 Å². The summed E-state index contributed by atoms with van der Waals surface area (Å²) in [5.74, 6) is -1.67. The summed E-state index contributed by atoms with van der Waals surface area (Å²) in [6, 6.07) is 8.38. The Balaban J connectivity index is 1.73. The van der Waals surface area contributed by atoms with Gasteiger partial charge in [0.05, 0.1) is 4.88 Å². The van der Waals surface area contributed by atoms with Crippen LogP contribution in [0.4, 0.5) is 17.6 Å². The molecule has 1 atom stereocenters. The Morgan fingerprint density at radius 1 is 1.19 bits per heavy atom. The van der Waals surface area contributed by atoms with Crippen molar-refractivity contribution in [1.29, 1.82) is 0 Å². The summed E-state index contributed by atoms with van der Waals surface area (Å²) in [5.41, 5.74) is 0.363. The molecule has 1 aliphatic rings. The van der Waals surface area contributed by atoms with Crippen molar-refractivity contribution in [1.82, 2.24) is 10.2 Å². The van der Waals surface area contributed by atoms with Crippen LogP contribution in [0, 0.1) is 5.82 Å². The van der Waals surface area contributed by atoms with Crippen molar-refractivity contribution >= 4 is 23.2 Å². The van der Waals surface area contributed by atoms with E-state index < -0.39 is 36.4 Å². The molecule has 1 N–H and O–H groups in total. The Labute approximate surface area is 156 Å². The van der Waals surface area contributed by atoms with E-state index in [1.807, 2.05) is 5.32 Å².